The van der Waals surface area contributed by atoms with Crippen molar-refractivity contribution < 1.29 is 34.2 Å². The maximum absolute atomic E-state index is 14.3. The zero-order valence-corrected chi connectivity index (χ0v) is 21.2. The van der Waals surface area contributed by atoms with Gasteiger partial charge in [-0.1, -0.05) is 12.1 Å². The average molecular weight is 540 g/mol. The number of phenolic OH excluding ortho intramolecular Hbond substituents is 1. The summed E-state index contributed by atoms with van der Waals surface area (Å²) < 4.78 is 0. The number of aromatic hydroxyl groups is 1. The van der Waals surface area contributed by atoms with Gasteiger partial charge in [0.25, 0.3) is 0 Å². The number of amides is 1. The summed E-state index contributed by atoms with van der Waals surface area (Å²) in [6.45, 7) is 3.76. The summed E-state index contributed by atoms with van der Waals surface area (Å²) in [4.78, 5) is 68.7. The van der Waals surface area contributed by atoms with Crippen LogP contribution in [-0.4, -0.2) is 88.0 Å². The van der Waals surface area contributed by atoms with Crippen molar-refractivity contribution in [2.45, 2.75) is 29.3 Å². The lowest BCUT2D eigenvalue weighted by Gasteiger charge is -2.64. The molecule has 2 saturated carbocycles. The molecule has 0 radical (unpaired) electrons. The third-order valence-corrected chi connectivity index (χ3v) is 8.34. The summed E-state index contributed by atoms with van der Waals surface area (Å²) in [5, 5.41) is 36.0. The Morgan fingerprint density at radius 1 is 1.23 bits per heavy atom. The van der Waals surface area contributed by atoms with Gasteiger partial charge in [-0.15, -0.1) is 6.58 Å². The Hall–Kier alpha value is -4.00. The monoisotopic (exact) mass is 539 g/mol. The second kappa shape index (κ2) is 8.76. The van der Waals surface area contributed by atoms with E-state index in [2.05, 4.69) is 11.9 Å². The highest BCUT2D eigenvalue weighted by Crippen LogP contribution is 2.58. The minimum absolute atomic E-state index is 0.0369. The Bertz CT molecular complexity index is 1400. The second-order valence-corrected chi connectivity index (χ2v) is 10.4. The number of hydrogen-bond acceptors (Lipinski definition) is 13. The van der Waals surface area contributed by atoms with E-state index in [1.54, 1.807) is 0 Å². The van der Waals surface area contributed by atoms with Gasteiger partial charge in [0.2, 0.25) is 5.91 Å². The number of nitriles is 1. The molecule has 39 heavy (non-hydrogen) atoms. The molecule has 4 rings (SSSR count). The number of nitrogens with one attached hydrogen (secondary N) is 1. The minimum Gasteiger partial charge on any atom is -0.505 e. The maximum Gasteiger partial charge on any atom is 0.235 e. The largest absolute Gasteiger partial charge is 0.505 e. The summed E-state index contributed by atoms with van der Waals surface area (Å²) in [7, 11) is 2.63. The van der Waals surface area contributed by atoms with Crippen molar-refractivity contribution in [2.75, 3.05) is 26.0 Å². The molecule has 0 bridgehead atoms. The molecule has 0 saturated heterocycles. The fourth-order valence-electron chi connectivity index (χ4n) is 6.58. The van der Waals surface area contributed by atoms with E-state index in [9.17, 15) is 39.4 Å². The number of carbonyl (C=O) groups excluding carboxylic acids is 5. The number of primary amides is 1. The lowest BCUT2D eigenvalue weighted by atomic mass is 9.41. The molecule has 0 aliphatic heterocycles. The molecule has 1 aromatic carbocycles. The van der Waals surface area contributed by atoms with Crippen molar-refractivity contribution in [3.05, 3.63) is 35.9 Å². The number of Topliss-reactive ketones (excluding diaryl/α,β-unsaturated/α-hetero) is 4. The molecule has 3 aliphatic carbocycles. The first-order valence-electron chi connectivity index (χ1n) is 11.9. The first-order valence-corrected chi connectivity index (χ1v) is 11.9. The van der Waals surface area contributed by atoms with Crippen LogP contribution in [0.15, 0.2) is 24.8 Å². The second-order valence-electron chi connectivity index (χ2n) is 10.4. The Morgan fingerprint density at radius 2 is 1.85 bits per heavy atom. The van der Waals surface area contributed by atoms with Crippen LogP contribution in [0.1, 0.15) is 22.0 Å². The standard InChI is InChI=1S/C25H29N7O7/c1-4-7-31-10-6-5-9-11(14(10)33)15(34)13-20(37)23(8-26)19(36)12(21(28)38)16(35)18(32(2)3)25(23,30)22(39)24(13,29)17(9)27/h4-6,12-13,17-18,22,31,33,39H,1,7,27,29-30H2,2-3H3,(H2,28,38)/t12?,13?,17-,18+,22-,23-,24+,25-/m0/s1. The smallest absolute Gasteiger partial charge is 0.235 e. The normalized spacial score (nSPS) is 37.4. The van der Waals surface area contributed by atoms with Crippen molar-refractivity contribution in [2.24, 2.45) is 40.2 Å². The van der Waals surface area contributed by atoms with Gasteiger partial charge in [-0.2, -0.15) is 5.26 Å². The molecule has 0 spiro atoms. The fourth-order valence-corrected chi connectivity index (χ4v) is 6.58. The van der Waals surface area contributed by atoms with Gasteiger partial charge in [0.05, 0.1) is 46.6 Å². The summed E-state index contributed by atoms with van der Waals surface area (Å²) >= 11 is 0. The Balaban J connectivity index is 2.07. The predicted molar refractivity (Wildman–Crippen MR) is 135 cm³/mol. The van der Waals surface area contributed by atoms with Crippen molar-refractivity contribution in [3.8, 4) is 11.8 Å². The van der Waals surface area contributed by atoms with Gasteiger partial charge in [-0.05, 0) is 25.7 Å². The highest BCUT2D eigenvalue weighted by Gasteiger charge is 2.83. The highest BCUT2D eigenvalue weighted by molar-refractivity contribution is 6.33. The molecule has 3 aliphatic rings. The third kappa shape index (κ3) is 3.04. The van der Waals surface area contributed by atoms with Crippen LogP contribution in [0.2, 0.25) is 0 Å². The molecule has 2 fully saturated rings. The number of nitrogens with zero attached hydrogens (tertiary/aromatic N) is 2. The van der Waals surface area contributed by atoms with Gasteiger partial charge in [-0.3, -0.25) is 28.9 Å². The zero-order valence-electron chi connectivity index (χ0n) is 21.2. The first-order chi connectivity index (χ1) is 18.1. The highest BCUT2D eigenvalue weighted by atomic mass is 16.3. The lowest BCUT2D eigenvalue weighted by Crippen LogP contribution is -2.92. The molecule has 0 aromatic heterocycles. The molecule has 2 unspecified atom stereocenters. The van der Waals surface area contributed by atoms with E-state index in [-0.39, 0.29) is 17.8 Å². The molecule has 1 aromatic rings. The summed E-state index contributed by atoms with van der Waals surface area (Å²) in [6, 6.07) is 0.959. The topological polar surface area (TPSA) is 269 Å². The molecule has 11 N–H and O–H groups in total. The zero-order chi connectivity index (χ0) is 29.4. The van der Waals surface area contributed by atoms with Crippen LogP contribution in [0.5, 0.6) is 5.75 Å². The molecular weight excluding hydrogens is 510 g/mol. The Kier molecular flexibility index (Phi) is 6.30. The number of fused-ring (bicyclic) bond motifs is 3. The van der Waals surface area contributed by atoms with Crippen molar-refractivity contribution in [1.29, 1.82) is 5.26 Å². The molecular formula is C25H29N7O7. The number of benzene rings is 1. The van der Waals surface area contributed by atoms with Crippen LogP contribution >= 0.6 is 0 Å². The summed E-state index contributed by atoms with van der Waals surface area (Å²) in [6.07, 6.45) is -0.809. The van der Waals surface area contributed by atoms with E-state index in [4.69, 9.17) is 22.9 Å². The average Bonchev–Trinajstić information content (AvgIpc) is 2.85. The number of anilines is 1. The van der Waals surface area contributed by atoms with Gasteiger partial charge >= 0.3 is 0 Å². The molecule has 14 nitrogen and oxygen atoms in total. The summed E-state index contributed by atoms with van der Waals surface area (Å²) in [5.74, 6) is -11.7. The summed E-state index contributed by atoms with van der Waals surface area (Å²) in [5.41, 5.74) is 16.4. The number of hydrogen-bond donors (Lipinski definition) is 7. The van der Waals surface area contributed by atoms with E-state index in [1.165, 1.54) is 38.4 Å². The number of phenols is 1. The quantitative estimate of drug-likeness (QED) is 0.111. The SMILES string of the molecule is C=CCNc1ccc2c(c1O)C(=O)C1C(=O)[C@]3(C#N)C(=O)C(C(N)=O)C(=O)[C@@H](N(C)C)[C@]3(N)[C@@H](O)[C@]1(N)[C@H]2N. The van der Waals surface area contributed by atoms with Crippen molar-refractivity contribution in [1.82, 2.24) is 4.90 Å². The van der Waals surface area contributed by atoms with Gasteiger partial charge < -0.3 is 38.5 Å². The van der Waals surface area contributed by atoms with Gasteiger partial charge in [0, 0.05) is 6.54 Å². The van der Waals surface area contributed by atoms with E-state index in [0.29, 0.717) is 0 Å². The van der Waals surface area contributed by atoms with Crippen LogP contribution in [0, 0.1) is 28.6 Å². The van der Waals surface area contributed by atoms with Crippen LogP contribution < -0.4 is 28.3 Å². The maximum atomic E-state index is 14.3. The van der Waals surface area contributed by atoms with Gasteiger partial charge in [-0.25, -0.2) is 0 Å². The molecule has 0 heterocycles. The Morgan fingerprint density at radius 3 is 2.36 bits per heavy atom. The molecule has 14 heteroatoms. The number of aliphatic hydroxyl groups excluding tert-OH is 1. The number of ketones is 4. The van der Waals surface area contributed by atoms with Gasteiger partial charge in [0.15, 0.2) is 34.5 Å². The predicted octanol–water partition coefficient (Wildman–Crippen LogP) is -3.17. The minimum atomic E-state index is -3.11. The molecule has 8 atom stereocenters. The fraction of sp³-hybridized carbons (Fsp3) is 0.440. The van der Waals surface area contributed by atoms with Crippen molar-refractivity contribution >= 4 is 34.7 Å². The number of carbonyl (C=O) groups is 5. The molecule has 206 valence electrons. The first kappa shape index (κ1) is 28.0. The van der Waals surface area contributed by atoms with E-state index in [0.717, 1.165) is 4.90 Å². The van der Waals surface area contributed by atoms with E-state index < -0.39 is 86.9 Å². The van der Waals surface area contributed by atoms with Crippen LogP contribution in [0.3, 0.4) is 0 Å². The van der Waals surface area contributed by atoms with E-state index >= 15 is 0 Å². The van der Waals surface area contributed by atoms with Crippen LogP contribution in [-0.2, 0) is 19.2 Å². The van der Waals surface area contributed by atoms with Crippen LogP contribution in [0.4, 0.5) is 5.69 Å². The van der Waals surface area contributed by atoms with Gasteiger partial charge in [0.1, 0.15) is 11.7 Å². The van der Waals surface area contributed by atoms with Crippen LogP contribution in [0.25, 0.3) is 0 Å². The van der Waals surface area contributed by atoms with E-state index in [1.807, 2.05) is 0 Å². The molecule has 1 amide bonds. The lowest BCUT2D eigenvalue weighted by molar-refractivity contribution is -0.181. The Labute approximate surface area is 222 Å². The third-order valence-electron chi connectivity index (χ3n) is 8.34. The number of likely N-dealkylation sites (N-methyl/N-ethyl adjacent to an activating group) is 1. The number of nitrogens with two attached hydrogens (primary N) is 4. The number of rotatable bonds is 5. The number of aliphatic hydroxyl groups is 1. The van der Waals surface area contributed by atoms with Crippen molar-refractivity contribution in [3.63, 3.8) is 0 Å².